The molecule has 0 spiro atoms. The summed E-state index contributed by atoms with van der Waals surface area (Å²) in [5, 5.41) is 5.82. The Labute approximate surface area is 115 Å². The fourth-order valence-corrected chi connectivity index (χ4v) is 1.38. The standard InChI is InChI=1S/C14H26N2O3/c1-7-8-16-11(9-12(17)10(2)15-6)13(18)19-14(3,4)5/h7,10-11,15-16H,1,8-9H2,2-6H3/t10-,11?/m0/s1. The summed E-state index contributed by atoms with van der Waals surface area (Å²) in [5.41, 5.74) is -0.567. The van der Waals surface area contributed by atoms with Crippen LogP contribution in [0.1, 0.15) is 34.1 Å². The average molecular weight is 270 g/mol. The van der Waals surface area contributed by atoms with E-state index in [-0.39, 0.29) is 18.2 Å². The van der Waals surface area contributed by atoms with Crippen LogP contribution >= 0.6 is 0 Å². The smallest absolute Gasteiger partial charge is 0.324 e. The summed E-state index contributed by atoms with van der Waals surface area (Å²) < 4.78 is 5.30. The molecule has 5 heteroatoms. The second-order valence-electron chi connectivity index (χ2n) is 5.46. The van der Waals surface area contributed by atoms with Gasteiger partial charge in [-0.2, -0.15) is 0 Å². The monoisotopic (exact) mass is 270 g/mol. The number of nitrogens with one attached hydrogen (secondary N) is 2. The minimum absolute atomic E-state index is 0.0325. The predicted molar refractivity (Wildman–Crippen MR) is 76.0 cm³/mol. The van der Waals surface area contributed by atoms with Gasteiger partial charge in [-0.1, -0.05) is 6.08 Å². The van der Waals surface area contributed by atoms with Gasteiger partial charge >= 0.3 is 5.97 Å². The highest BCUT2D eigenvalue weighted by atomic mass is 16.6. The molecule has 1 unspecified atom stereocenters. The van der Waals surface area contributed by atoms with Gasteiger partial charge in [0.05, 0.1) is 6.04 Å². The molecule has 0 saturated carbocycles. The second kappa shape index (κ2) is 8.07. The molecule has 0 aromatic rings. The van der Waals surface area contributed by atoms with Crippen molar-refractivity contribution in [1.82, 2.24) is 10.6 Å². The van der Waals surface area contributed by atoms with Crippen molar-refractivity contribution in [3.63, 3.8) is 0 Å². The van der Waals surface area contributed by atoms with Gasteiger partial charge in [0.25, 0.3) is 0 Å². The summed E-state index contributed by atoms with van der Waals surface area (Å²) in [6.45, 7) is 11.2. The van der Waals surface area contributed by atoms with Gasteiger partial charge in [0, 0.05) is 13.0 Å². The van der Waals surface area contributed by atoms with Crippen molar-refractivity contribution >= 4 is 11.8 Å². The number of rotatable bonds is 8. The van der Waals surface area contributed by atoms with Crippen LogP contribution in [0.5, 0.6) is 0 Å². The first-order valence-electron chi connectivity index (χ1n) is 6.48. The van der Waals surface area contributed by atoms with E-state index in [9.17, 15) is 9.59 Å². The Morgan fingerprint density at radius 1 is 1.37 bits per heavy atom. The summed E-state index contributed by atoms with van der Waals surface area (Å²) in [6, 6.07) is -0.920. The highest BCUT2D eigenvalue weighted by Crippen LogP contribution is 2.10. The van der Waals surface area contributed by atoms with Crippen LogP contribution in [-0.2, 0) is 14.3 Å². The summed E-state index contributed by atoms with van der Waals surface area (Å²) in [7, 11) is 1.71. The van der Waals surface area contributed by atoms with E-state index in [1.165, 1.54) is 0 Å². The molecule has 0 saturated heterocycles. The molecule has 0 fully saturated rings. The van der Waals surface area contributed by atoms with E-state index < -0.39 is 17.6 Å². The molecule has 0 aromatic heterocycles. The number of hydrogen-bond donors (Lipinski definition) is 2. The Balaban J connectivity index is 4.66. The third kappa shape index (κ3) is 7.74. The van der Waals surface area contributed by atoms with E-state index >= 15 is 0 Å². The van der Waals surface area contributed by atoms with Gasteiger partial charge in [0.2, 0.25) is 0 Å². The van der Waals surface area contributed by atoms with Crippen LogP contribution in [0.3, 0.4) is 0 Å². The first-order chi connectivity index (χ1) is 8.71. The molecule has 0 radical (unpaired) electrons. The molecular weight excluding hydrogens is 244 g/mol. The molecule has 0 heterocycles. The first kappa shape index (κ1) is 17.8. The molecular formula is C14H26N2O3. The third-order valence-corrected chi connectivity index (χ3v) is 2.52. The molecule has 0 aliphatic carbocycles. The predicted octanol–water partition coefficient (Wildman–Crippen LogP) is 1.04. The molecule has 0 aromatic carbocycles. The van der Waals surface area contributed by atoms with Crippen LogP contribution in [0.15, 0.2) is 12.7 Å². The second-order valence-corrected chi connectivity index (χ2v) is 5.46. The van der Waals surface area contributed by atoms with Crippen molar-refractivity contribution in [2.24, 2.45) is 0 Å². The number of carbonyl (C=O) groups excluding carboxylic acids is 2. The van der Waals surface area contributed by atoms with Crippen LogP contribution in [0.4, 0.5) is 0 Å². The number of Topliss-reactive ketones (excluding diaryl/α,β-unsaturated/α-hetero) is 1. The molecule has 0 amide bonds. The molecule has 0 rings (SSSR count). The molecule has 2 N–H and O–H groups in total. The fourth-order valence-electron chi connectivity index (χ4n) is 1.38. The number of ketones is 1. The molecule has 110 valence electrons. The Hall–Kier alpha value is -1.20. The molecule has 0 bridgehead atoms. The zero-order chi connectivity index (χ0) is 15.1. The van der Waals surface area contributed by atoms with E-state index in [0.29, 0.717) is 6.54 Å². The summed E-state index contributed by atoms with van der Waals surface area (Å²) in [5.74, 6) is -0.444. The van der Waals surface area contributed by atoms with Crippen LogP contribution in [0.25, 0.3) is 0 Å². The summed E-state index contributed by atoms with van der Waals surface area (Å²) in [6.07, 6.45) is 1.74. The number of esters is 1. The Morgan fingerprint density at radius 3 is 2.37 bits per heavy atom. The lowest BCUT2D eigenvalue weighted by molar-refractivity contribution is -0.158. The molecule has 0 aliphatic rings. The minimum atomic E-state index is -0.638. The van der Waals surface area contributed by atoms with E-state index in [4.69, 9.17) is 4.74 Å². The minimum Gasteiger partial charge on any atom is -0.459 e. The highest BCUT2D eigenvalue weighted by Gasteiger charge is 2.27. The largest absolute Gasteiger partial charge is 0.459 e. The summed E-state index contributed by atoms with van der Waals surface area (Å²) >= 11 is 0. The van der Waals surface area contributed by atoms with E-state index in [2.05, 4.69) is 17.2 Å². The van der Waals surface area contributed by atoms with E-state index in [1.54, 1.807) is 40.8 Å². The lowest BCUT2D eigenvalue weighted by atomic mass is 10.1. The lowest BCUT2D eigenvalue weighted by Crippen LogP contribution is -2.45. The van der Waals surface area contributed by atoms with Crippen LogP contribution < -0.4 is 10.6 Å². The van der Waals surface area contributed by atoms with E-state index in [0.717, 1.165) is 0 Å². The van der Waals surface area contributed by atoms with Crippen LogP contribution in [0, 0.1) is 0 Å². The zero-order valence-electron chi connectivity index (χ0n) is 12.6. The van der Waals surface area contributed by atoms with Crippen molar-refractivity contribution in [3.8, 4) is 0 Å². The van der Waals surface area contributed by atoms with Gasteiger partial charge in [0.15, 0.2) is 5.78 Å². The topological polar surface area (TPSA) is 67.4 Å². The van der Waals surface area contributed by atoms with Crippen molar-refractivity contribution in [2.75, 3.05) is 13.6 Å². The lowest BCUT2D eigenvalue weighted by Gasteiger charge is -2.24. The number of ether oxygens (including phenoxy) is 1. The van der Waals surface area contributed by atoms with Crippen LogP contribution in [-0.4, -0.2) is 43.0 Å². The number of carbonyl (C=O) groups is 2. The third-order valence-electron chi connectivity index (χ3n) is 2.52. The van der Waals surface area contributed by atoms with Gasteiger partial charge < -0.3 is 15.4 Å². The average Bonchev–Trinajstić information content (AvgIpc) is 2.30. The van der Waals surface area contributed by atoms with Gasteiger partial charge in [-0.05, 0) is 34.7 Å². The Bertz CT molecular complexity index is 321. The van der Waals surface area contributed by atoms with Gasteiger partial charge in [-0.25, -0.2) is 0 Å². The quantitative estimate of drug-likeness (QED) is 0.509. The maximum absolute atomic E-state index is 12.0. The number of likely N-dealkylation sites (N-methyl/N-ethyl adjacent to an activating group) is 1. The normalized spacial score (nSPS) is 14.6. The van der Waals surface area contributed by atoms with Crippen molar-refractivity contribution < 1.29 is 14.3 Å². The highest BCUT2D eigenvalue weighted by molar-refractivity contribution is 5.89. The van der Waals surface area contributed by atoms with Gasteiger partial charge in [0.1, 0.15) is 11.6 Å². The van der Waals surface area contributed by atoms with Gasteiger partial charge in [-0.3, -0.25) is 9.59 Å². The molecule has 2 atom stereocenters. The molecule has 19 heavy (non-hydrogen) atoms. The maximum Gasteiger partial charge on any atom is 0.324 e. The molecule has 0 aliphatic heterocycles. The molecule has 5 nitrogen and oxygen atoms in total. The maximum atomic E-state index is 12.0. The SMILES string of the molecule is C=CCNC(CC(=O)[C@H](C)NC)C(=O)OC(C)(C)C. The Kier molecular flexibility index (Phi) is 7.56. The van der Waals surface area contributed by atoms with Crippen molar-refractivity contribution in [3.05, 3.63) is 12.7 Å². The van der Waals surface area contributed by atoms with Gasteiger partial charge in [-0.15, -0.1) is 6.58 Å². The number of hydrogen-bond acceptors (Lipinski definition) is 5. The van der Waals surface area contributed by atoms with Crippen molar-refractivity contribution in [1.29, 1.82) is 0 Å². The first-order valence-corrected chi connectivity index (χ1v) is 6.48. The van der Waals surface area contributed by atoms with Crippen LogP contribution in [0.2, 0.25) is 0 Å². The summed E-state index contributed by atoms with van der Waals surface area (Å²) in [4.78, 5) is 23.9. The van der Waals surface area contributed by atoms with E-state index in [1.807, 2.05) is 0 Å². The zero-order valence-corrected chi connectivity index (χ0v) is 12.6. The van der Waals surface area contributed by atoms with Crippen molar-refractivity contribution in [2.45, 2.75) is 51.8 Å². The fraction of sp³-hybridized carbons (Fsp3) is 0.714. The Morgan fingerprint density at radius 2 is 1.95 bits per heavy atom.